The Bertz CT molecular complexity index is 420. The first-order valence-corrected chi connectivity index (χ1v) is 5.14. The van der Waals surface area contributed by atoms with Crippen molar-refractivity contribution in [2.75, 3.05) is 6.61 Å². The summed E-state index contributed by atoms with van der Waals surface area (Å²) in [6, 6.07) is 5.26. The van der Waals surface area contributed by atoms with Gasteiger partial charge in [0.05, 0.1) is 6.10 Å². The molecule has 1 N–H and O–H groups in total. The molecule has 15 heavy (non-hydrogen) atoms. The number of hydrogen-bond acceptors (Lipinski definition) is 3. The molecule has 0 spiro atoms. The Morgan fingerprint density at radius 1 is 1.47 bits per heavy atom. The first-order valence-electron chi connectivity index (χ1n) is 5.14. The lowest BCUT2D eigenvalue weighted by Crippen LogP contribution is -2.04. The van der Waals surface area contributed by atoms with Gasteiger partial charge in [-0.3, -0.25) is 4.79 Å². The Hall–Kier alpha value is -1.35. The van der Waals surface area contributed by atoms with E-state index in [0.29, 0.717) is 17.7 Å². The molecule has 0 saturated carbocycles. The van der Waals surface area contributed by atoms with Gasteiger partial charge in [-0.05, 0) is 19.8 Å². The van der Waals surface area contributed by atoms with Crippen molar-refractivity contribution in [1.29, 1.82) is 0 Å². The molecule has 1 aromatic rings. The molecule has 1 saturated heterocycles. The van der Waals surface area contributed by atoms with Gasteiger partial charge in [-0.2, -0.15) is 0 Å². The molecule has 1 atom stereocenters. The van der Waals surface area contributed by atoms with Gasteiger partial charge >= 0.3 is 0 Å². The lowest BCUT2D eigenvalue weighted by Gasteiger charge is -2.08. The van der Waals surface area contributed by atoms with E-state index in [0.717, 1.165) is 12.8 Å². The Morgan fingerprint density at radius 3 is 2.93 bits per heavy atom. The summed E-state index contributed by atoms with van der Waals surface area (Å²) < 4.78 is 5.46. The average Bonchev–Trinajstić information content (AvgIpc) is 2.71. The van der Waals surface area contributed by atoms with Gasteiger partial charge in [-0.1, -0.05) is 18.2 Å². The fourth-order valence-electron chi connectivity index (χ4n) is 1.85. The molecule has 1 fully saturated rings. The van der Waals surface area contributed by atoms with Gasteiger partial charge in [0.25, 0.3) is 0 Å². The molecule has 0 bridgehead atoms. The van der Waals surface area contributed by atoms with Crippen LogP contribution in [0.5, 0.6) is 5.75 Å². The first-order chi connectivity index (χ1) is 7.20. The molecule has 3 nitrogen and oxygen atoms in total. The summed E-state index contributed by atoms with van der Waals surface area (Å²) in [5, 5.41) is 9.81. The molecular weight excluding hydrogens is 192 g/mol. The number of ether oxygens (including phenoxy) is 1. The third-order valence-corrected chi connectivity index (χ3v) is 2.75. The Morgan fingerprint density at radius 2 is 2.27 bits per heavy atom. The number of hydrogen-bond donors (Lipinski definition) is 1. The summed E-state index contributed by atoms with van der Waals surface area (Å²) >= 11 is 0. The molecule has 0 aliphatic carbocycles. The van der Waals surface area contributed by atoms with Crippen molar-refractivity contribution in [1.82, 2.24) is 0 Å². The van der Waals surface area contributed by atoms with Crippen molar-refractivity contribution in [2.24, 2.45) is 0 Å². The molecule has 1 aliphatic rings. The highest BCUT2D eigenvalue weighted by Gasteiger charge is 2.21. The number of aryl methyl sites for hydroxylation is 1. The monoisotopic (exact) mass is 206 g/mol. The molecule has 3 heteroatoms. The molecule has 2 rings (SSSR count). The van der Waals surface area contributed by atoms with Gasteiger partial charge < -0.3 is 9.84 Å². The van der Waals surface area contributed by atoms with Crippen molar-refractivity contribution in [3.8, 4) is 5.75 Å². The van der Waals surface area contributed by atoms with Crippen LogP contribution in [0.1, 0.15) is 30.1 Å². The third-order valence-electron chi connectivity index (χ3n) is 2.75. The van der Waals surface area contributed by atoms with E-state index in [1.54, 1.807) is 25.1 Å². The van der Waals surface area contributed by atoms with E-state index in [1.807, 2.05) is 0 Å². The lowest BCUT2D eigenvalue weighted by atomic mass is 10.1. The van der Waals surface area contributed by atoms with Gasteiger partial charge in [-0.25, -0.2) is 0 Å². The Labute approximate surface area is 88.3 Å². The van der Waals surface area contributed by atoms with E-state index in [2.05, 4.69) is 0 Å². The van der Waals surface area contributed by atoms with E-state index in [4.69, 9.17) is 4.74 Å². The second kappa shape index (κ2) is 4.03. The van der Waals surface area contributed by atoms with Crippen LogP contribution in [0.15, 0.2) is 23.0 Å². The highest BCUT2D eigenvalue weighted by atomic mass is 16.5. The van der Waals surface area contributed by atoms with Crippen LogP contribution in [0.2, 0.25) is 0 Å². The quantitative estimate of drug-likeness (QED) is 0.763. The number of aromatic hydroxyl groups is 1. The van der Waals surface area contributed by atoms with E-state index in [1.165, 1.54) is 0 Å². The van der Waals surface area contributed by atoms with Gasteiger partial charge in [0.1, 0.15) is 0 Å². The van der Waals surface area contributed by atoms with Crippen LogP contribution in [0.25, 0.3) is 0 Å². The van der Waals surface area contributed by atoms with Gasteiger partial charge in [0.15, 0.2) is 5.75 Å². The molecular formula is C12H14O3. The first kappa shape index (κ1) is 10.2. The maximum Gasteiger partial charge on any atom is 0.223 e. The summed E-state index contributed by atoms with van der Waals surface area (Å²) in [6.45, 7) is 2.40. The largest absolute Gasteiger partial charge is 0.504 e. The summed E-state index contributed by atoms with van der Waals surface area (Å²) in [4.78, 5) is 11.6. The highest BCUT2D eigenvalue weighted by molar-refractivity contribution is 5.36. The molecule has 0 unspecified atom stereocenters. The van der Waals surface area contributed by atoms with Crippen LogP contribution >= 0.6 is 0 Å². The zero-order valence-corrected chi connectivity index (χ0v) is 8.69. The van der Waals surface area contributed by atoms with Gasteiger partial charge in [-0.15, -0.1) is 0 Å². The summed E-state index contributed by atoms with van der Waals surface area (Å²) in [6.07, 6.45) is 1.73. The molecule has 1 aromatic carbocycles. The van der Waals surface area contributed by atoms with Crippen LogP contribution in [-0.4, -0.2) is 11.7 Å². The SMILES string of the molecule is Cc1cccc([C@@H]2CCCO2)c(O)c1=O. The normalized spacial score (nSPS) is 20.5. The highest BCUT2D eigenvalue weighted by Crippen LogP contribution is 2.31. The maximum absolute atomic E-state index is 11.6. The third kappa shape index (κ3) is 1.88. The van der Waals surface area contributed by atoms with Crippen LogP contribution in [0, 0.1) is 6.92 Å². The average molecular weight is 206 g/mol. The second-order valence-corrected chi connectivity index (χ2v) is 3.84. The standard InChI is InChI=1S/C12H14O3/c1-8-4-2-5-9(12(14)11(8)13)10-6-3-7-15-10/h2,4-5,10H,3,6-7H2,1H3,(H,13,14)/t10-/m0/s1. The smallest absolute Gasteiger partial charge is 0.223 e. The van der Waals surface area contributed by atoms with Crippen LogP contribution in [-0.2, 0) is 4.74 Å². The molecule has 0 aromatic heterocycles. The van der Waals surface area contributed by atoms with Gasteiger partial charge in [0.2, 0.25) is 5.43 Å². The summed E-state index contributed by atoms with van der Waals surface area (Å²) in [5.41, 5.74) is 0.868. The molecule has 1 aliphatic heterocycles. The van der Waals surface area contributed by atoms with E-state index < -0.39 is 0 Å². The van der Waals surface area contributed by atoms with Crippen LogP contribution in [0.4, 0.5) is 0 Å². The van der Waals surface area contributed by atoms with Crippen molar-refractivity contribution in [2.45, 2.75) is 25.9 Å². The predicted octanol–water partition coefficient (Wildman–Crippen LogP) is 1.91. The maximum atomic E-state index is 11.6. The van der Waals surface area contributed by atoms with E-state index in [-0.39, 0.29) is 17.3 Å². The molecule has 1 heterocycles. The van der Waals surface area contributed by atoms with Crippen molar-refractivity contribution in [3.05, 3.63) is 39.5 Å². The summed E-state index contributed by atoms with van der Waals surface area (Å²) in [7, 11) is 0. The Kier molecular flexibility index (Phi) is 2.73. The van der Waals surface area contributed by atoms with Crippen LogP contribution < -0.4 is 5.43 Å². The van der Waals surface area contributed by atoms with Crippen molar-refractivity contribution >= 4 is 0 Å². The second-order valence-electron chi connectivity index (χ2n) is 3.84. The van der Waals surface area contributed by atoms with Gasteiger partial charge in [0, 0.05) is 17.7 Å². The minimum atomic E-state index is -0.300. The lowest BCUT2D eigenvalue weighted by molar-refractivity contribution is 0.110. The zero-order valence-electron chi connectivity index (χ0n) is 8.69. The van der Waals surface area contributed by atoms with Crippen molar-refractivity contribution in [3.63, 3.8) is 0 Å². The molecule has 0 amide bonds. The van der Waals surface area contributed by atoms with Crippen LogP contribution in [0.3, 0.4) is 0 Å². The summed E-state index contributed by atoms with van der Waals surface area (Å²) in [5.74, 6) is -0.163. The predicted molar refractivity (Wildman–Crippen MR) is 57.0 cm³/mol. The van der Waals surface area contributed by atoms with E-state index >= 15 is 0 Å². The Balaban J connectivity index is 2.53. The van der Waals surface area contributed by atoms with E-state index in [9.17, 15) is 9.90 Å². The minimum Gasteiger partial charge on any atom is -0.504 e. The fraction of sp³-hybridized carbons (Fsp3) is 0.417. The minimum absolute atomic E-state index is 0.121. The molecule has 80 valence electrons. The topological polar surface area (TPSA) is 46.5 Å². The fourth-order valence-corrected chi connectivity index (χ4v) is 1.85. The van der Waals surface area contributed by atoms with Crippen molar-refractivity contribution < 1.29 is 9.84 Å². The number of rotatable bonds is 1. The molecule has 0 radical (unpaired) electrons. The zero-order chi connectivity index (χ0) is 10.8.